The number of halogens is 1. The maximum atomic E-state index is 13.3. The van der Waals surface area contributed by atoms with Crippen LogP contribution in [0, 0.1) is 18.2 Å². The molecule has 0 fully saturated rings. The van der Waals surface area contributed by atoms with Crippen LogP contribution in [-0.2, 0) is 22.7 Å². The number of rotatable bonds is 8. The van der Waals surface area contributed by atoms with Crippen LogP contribution < -0.4 is 0 Å². The van der Waals surface area contributed by atoms with Gasteiger partial charge in [0.15, 0.2) is 0 Å². The van der Waals surface area contributed by atoms with Gasteiger partial charge in [-0.2, -0.15) is 0 Å². The lowest BCUT2D eigenvalue weighted by molar-refractivity contribution is -0.143. The second-order valence-electron chi connectivity index (χ2n) is 9.26. The standard InChI is InChI=1S/C24H33FN2O2S/c1-17(2)27(22(28)13-24(4,5)6)16-23(29)26(15-21-18(3)11-12-30-21)14-19-7-9-20(25)10-8-19/h7-12,17H,13-16H2,1-6H3. The lowest BCUT2D eigenvalue weighted by Gasteiger charge is -2.32. The monoisotopic (exact) mass is 432 g/mol. The largest absolute Gasteiger partial charge is 0.332 e. The van der Waals surface area contributed by atoms with Crippen LogP contribution >= 0.6 is 11.3 Å². The number of thiophene rings is 1. The molecule has 1 aromatic heterocycles. The van der Waals surface area contributed by atoms with Gasteiger partial charge in [0.05, 0.1) is 13.1 Å². The molecule has 0 radical (unpaired) electrons. The molecule has 2 amide bonds. The Bertz CT molecular complexity index is 853. The second-order valence-corrected chi connectivity index (χ2v) is 10.3. The summed E-state index contributed by atoms with van der Waals surface area (Å²) in [5.41, 5.74) is 1.85. The van der Waals surface area contributed by atoms with Gasteiger partial charge < -0.3 is 9.80 Å². The fraction of sp³-hybridized carbons (Fsp3) is 0.500. The minimum absolute atomic E-state index is 0.0140. The highest BCUT2D eigenvalue weighted by Gasteiger charge is 2.27. The van der Waals surface area contributed by atoms with Gasteiger partial charge in [-0.15, -0.1) is 11.3 Å². The summed E-state index contributed by atoms with van der Waals surface area (Å²) >= 11 is 1.61. The molecule has 0 aliphatic carbocycles. The van der Waals surface area contributed by atoms with Crippen molar-refractivity contribution in [2.75, 3.05) is 6.54 Å². The Morgan fingerprint density at radius 1 is 1.03 bits per heavy atom. The zero-order chi connectivity index (χ0) is 22.5. The molecule has 0 saturated heterocycles. The Hall–Kier alpha value is -2.21. The van der Waals surface area contributed by atoms with Gasteiger partial charge in [-0.25, -0.2) is 4.39 Å². The predicted octanol–water partition coefficient (Wildman–Crippen LogP) is 5.40. The minimum atomic E-state index is -0.301. The van der Waals surface area contributed by atoms with Gasteiger partial charge >= 0.3 is 0 Å². The van der Waals surface area contributed by atoms with Crippen molar-refractivity contribution in [2.45, 2.75) is 67.1 Å². The van der Waals surface area contributed by atoms with E-state index in [0.29, 0.717) is 19.5 Å². The van der Waals surface area contributed by atoms with Crippen LogP contribution in [0.3, 0.4) is 0 Å². The Labute approximate surface area is 183 Å². The molecule has 0 bridgehead atoms. The molecule has 0 unspecified atom stereocenters. The van der Waals surface area contributed by atoms with Crippen molar-refractivity contribution < 1.29 is 14.0 Å². The molecular weight excluding hydrogens is 399 g/mol. The van der Waals surface area contributed by atoms with Crippen LogP contribution in [0.2, 0.25) is 0 Å². The molecule has 0 atom stereocenters. The molecule has 30 heavy (non-hydrogen) atoms. The first-order chi connectivity index (χ1) is 14.0. The smallest absolute Gasteiger partial charge is 0.242 e. The van der Waals surface area contributed by atoms with E-state index in [1.165, 1.54) is 12.1 Å². The third-order valence-corrected chi connectivity index (χ3v) is 5.88. The Morgan fingerprint density at radius 3 is 2.17 bits per heavy atom. The number of hydrogen-bond acceptors (Lipinski definition) is 3. The fourth-order valence-electron chi connectivity index (χ4n) is 3.14. The van der Waals surface area contributed by atoms with E-state index in [0.717, 1.165) is 16.0 Å². The van der Waals surface area contributed by atoms with E-state index in [1.54, 1.807) is 33.3 Å². The summed E-state index contributed by atoms with van der Waals surface area (Å²) in [7, 11) is 0. The van der Waals surface area contributed by atoms with Crippen LogP contribution in [0.4, 0.5) is 4.39 Å². The summed E-state index contributed by atoms with van der Waals surface area (Å²) in [5.74, 6) is -0.424. The van der Waals surface area contributed by atoms with Gasteiger partial charge in [-0.1, -0.05) is 32.9 Å². The third-order valence-electron chi connectivity index (χ3n) is 4.87. The van der Waals surface area contributed by atoms with Crippen LogP contribution in [0.5, 0.6) is 0 Å². The minimum Gasteiger partial charge on any atom is -0.332 e. The highest BCUT2D eigenvalue weighted by Crippen LogP contribution is 2.22. The topological polar surface area (TPSA) is 40.6 Å². The summed E-state index contributed by atoms with van der Waals surface area (Å²) in [6.07, 6.45) is 0.389. The third kappa shape index (κ3) is 7.24. The lowest BCUT2D eigenvalue weighted by atomic mass is 9.91. The molecule has 2 rings (SSSR count). The zero-order valence-corrected chi connectivity index (χ0v) is 19.7. The summed E-state index contributed by atoms with van der Waals surface area (Å²) < 4.78 is 13.3. The van der Waals surface area contributed by atoms with Gasteiger partial charge in [-0.3, -0.25) is 9.59 Å². The molecule has 0 N–H and O–H groups in total. The Morgan fingerprint density at radius 2 is 1.67 bits per heavy atom. The molecule has 6 heteroatoms. The fourth-order valence-corrected chi connectivity index (χ4v) is 4.06. The van der Waals surface area contributed by atoms with Crippen molar-refractivity contribution in [1.82, 2.24) is 9.80 Å². The predicted molar refractivity (Wildman–Crippen MR) is 121 cm³/mol. The summed E-state index contributed by atoms with van der Waals surface area (Å²) in [6, 6.07) is 8.17. The van der Waals surface area contributed by atoms with Gasteiger partial charge in [0.25, 0.3) is 0 Å². The van der Waals surface area contributed by atoms with Crippen molar-refractivity contribution in [2.24, 2.45) is 5.41 Å². The molecule has 4 nitrogen and oxygen atoms in total. The van der Waals surface area contributed by atoms with E-state index in [4.69, 9.17) is 0 Å². The average molecular weight is 433 g/mol. The molecule has 0 spiro atoms. The SMILES string of the molecule is Cc1ccsc1CN(Cc1ccc(F)cc1)C(=O)CN(C(=O)CC(C)(C)C)C(C)C. The summed E-state index contributed by atoms with van der Waals surface area (Å²) in [6.45, 7) is 12.8. The average Bonchev–Trinajstić information content (AvgIpc) is 3.03. The van der Waals surface area contributed by atoms with Crippen molar-refractivity contribution in [3.05, 3.63) is 57.5 Å². The van der Waals surface area contributed by atoms with E-state index in [9.17, 15) is 14.0 Å². The molecule has 0 saturated carbocycles. The number of amides is 2. The van der Waals surface area contributed by atoms with Gasteiger partial charge in [0, 0.05) is 23.9 Å². The van der Waals surface area contributed by atoms with E-state index in [1.807, 2.05) is 53.0 Å². The number of carbonyl (C=O) groups excluding carboxylic acids is 2. The number of aryl methyl sites for hydroxylation is 1. The maximum Gasteiger partial charge on any atom is 0.242 e. The first-order valence-corrected chi connectivity index (χ1v) is 11.2. The van der Waals surface area contributed by atoms with Gasteiger partial charge in [-0.05, 0) is 60.9 Å². The van der Waals surface area contributed by atoms with E-state index in [2.05, 4.69) is 0 Å². The van der Waals surface area contributed by atoms with Crippen molar-refractivity contribution in [3.8, 4) is 0 Å². The first-order valence-electron chi connectivity index (χ1n) is 10.3. The van der Waals surface area contributed by atoms with E-state index < -0.39 is 0 Å². The lowest BCUT2D eigenvalue weighted by Crippen LogP contribution is -2.46. The van der Waals surface area contributed by atoms with E-state index in [-0.39, 0.29) is 35.6 Å². The second kappa shape index (κ2) is 10.2. The molecule has 1 heterocycles. The number of carbonyl (C=O) groups is 2. The Balaban J connectivity index is 2.22. The molecule has 2 aromatic rings. The van der Waals surface area contributed by atoms with Crippen molar-refractivity contribution in [1.29, 1.82) is 0 Å². The van der Waals surface area contributed by atoms with Crippen LogP contribution in [-0.4, -0.2) is 34.2 Å². The molecule has 0 aliphatic rings. The van der Waals surface area contributed by atoms with Gasteiger partial charge in [0.2, 0.25) is 11.8 Å². The van der Waals surface area contributed by atoms with Crippen molar-refractivity contribution >= 4 is 23.2 Å². The van der Waals surface area contributed by atoms with Crippen LogP contribution in [0.1, 0.15) is 57.0 Å². The number of benzene rings is 1. The molecular formula is C24H33FN2O2S. The maximum absolute atomic E-state index is 13.3. The molecule has 164 valence electrons. The molecule has 0 aliphatic heterocycles. The van der Waals surface area contributed by atoms with Gasteiger partial charge in [0.1, 0.15) is 5.82 Å². The number of nitrogens with zero attached hydrogens (tertiary/aromatic N) is 2. The highest BCUT2D eigenvalue weighted by molar-refractivity contribution is 7.10. The highest BCUT2D eigenvalue weighted by atomic mass is 32.1. The van der Waals surface area contributed by atoms with Crippen molar-refractivity contribution in [3.63, 3.8) is 0 Å². The summed E-state index contributed by atoms with van der Waals surface area (Å²) in [4.78, 5) is 30.7. The van der Waals surface area contributed by atoms with Crippen LogP contribution in [0.25, 0.3) is 0 Å². The summed E-state index contributed by atoms with van der Waals surface area (Å²) in [5, 5.41) is 2.01. The van der Waals surface area contributed by atoms with Crippen LogP contribution in [0.15, 0.2) is 35.7 Å². The zero-order valence-electron chi connectivity index (χ0n) is 18.9. The first kappa shape index (κ1) is 24.1. The number of hydrogen-bond donors (Lipinski definition) is 0. The normalized spacial score (nSPS) is 11.6. The quantitative estimate of drug-likeness (QED) is 0.560. The van der Waals surface area contributed by atoms with E-state index >= 15 is 0 Å². The Kier molecular flexibility index (Phi) is 8.18. The molecule has 1 aromatic carbocycles.